The minimum atomic E-state index is -3.37. The van der Waals surface area contributed by atoms with Gasteiger partial charge in [0.05, 0.1) is 12.4 Å². The van der Waals surface area contributed by atoms with Crippen LogP contribution in [0.1, 0.15) is 30.9 Å². The van der Waals surface area contributed by atoms with Gasteiger partial charge in [0.25, 0.3) is 0 Å². The first-order valence-corrected chi connectivity index (χ1v) is 7.99. The van der Waals surface area contributed by atoms with Gasteiger partial charge in [-0.15, -0.1) is 0 Å². The zero-order valence-corrected chi connectivity index (χ0v) is 12.1. The molecule has 0 saturated heterocycles. The van der Waals surface area contributed by atoms with Crippen molar-refractivity contribution < 1.29 is 17.9 Å². The number of nitrogens with one attached hydrogen (secondary N) is 1. The van der Waals surface area contributed by atoms with Crippen LogP contribution in [0.25, 0.3) is 0 Å². The van der Waals surface area contributed by atoms with Crippen LogP contribution in [0.4, 0.5) is 4.39 Å². The van der Waals surface area contributed by atoms with Gasteiger partial charge in [-0.05, 0) is 24.6 Å². The Bertz CT molecular complexity index is 603. The topological polar surface area (TPSA) is 66.4 Å². The van der Waals surface area contributed by atoms with Crippen molar-refractivity contribution in [3.63, 3.8) is 0 Å². The maximum Gasteiger partial charge on any atom is 0.211 e. The fourth-order valence-electron chi connectivity index (χ4n) is 1.54. The summed E-state index contributed by atoms with van der Waals surface area (Å²) < 4.78 is 39.0. The van der Waals surface area contributed by atoms with E-state index in [0.717, 1.165) is 0 Å². The van der Waals surface area contributed by atoms with E-state index in [0.29, 0.717) is 18.4 Å². The first kappa shape index (κ1) is 16.6. The molecule has 0 aliphatic heterocycles. The van der Waals surface area contributed by atoms with Gasteiger partial charge in [-0.1, -0.05) is 18.8 Å². The van der Waals surface area contributed by atoms with Crippen molar-refractivity contribution in [3.05, 3.63) is 35.1 Å². The number of aliphatic hydroxyl groups excluding tert-OH is 1. The molecule has 110 valence electrons. The molecule has 0 aliphatic rings. The Kier molecular flexibility index (Phi) is 6.65. The molecule has 2 N–H and O–H groups in total. The average molecular weight is 299 g/mol. The van der Waals surface area contributed by atoms with Crippen LogP contribution in [0.3, 0.4) is 0 Å². The van der Waals surface area contributed by atoms with Gasteiger partial charge in [-0.25, -0.2) is 17.5 Å². The van der Waals surface area contributed by atoms with Crippen LogP contribution in [0.15, 0.2) is 18.2 Å². The van der Waals surface area contributed by atoms with Gasteiger partial charge in [0.15, 0.2) is 0 Å². The number of aliphatic hydroxyl groups is 1. The van der Waals surface area contributed by atoms with Gasteiger partial charge in [0.1, 0.15) is 5.82 Å². The molecule has 0 spiro atoms. The van der Waals surface area contributed by atoms with Gasteiger partial charge in [-0.3, -0.25) is 0 Å². The quantitative estimate of drug-likeness (QED) is 0.780. The largest absolute Gasteiger partial charge is 0.395 e. The van der Waals surface area contributed by atoms with Crippen molar-refractivity contribution in [2.45, 2.75) is 26.3 Å². The minimum Gasteiger partial charge on any atom is -0.395 e. The first-order chi connectivity index (χ1) is 9.48. The maximum atomic E-state index is 13.6. The van der Waals surface area contributed by atoms with Gasteiger partial charge in [-0.2, -0.15) is 0 Å². The van der Waals surface area contributed by atoms with Crippen LogP contribution in [0.2, 0.25) is 0 Å². The predicted molar refractivity (Wildman–Crippen MR) is 75.9 cm³/mol. The first-order valence-electron chi connectivity index (χ1n) is 6.34. The molecule has 6 heteroatoms. The molecule has 1 aromatic rings. The third-order valence-electron chi connectivity index (χ3n) is 2.47. The van der Waals surface area contributed by atoms with Gasteiger partial charge < -0.3 is 5.11 Å². The van der Waals surface area contributed by atoms with E-state index in [9.17, 15) is 12.8 Å². The Labute approximate surface area is 119 Å². The summed E-state index contributed by atoms with van der Waals surface area (Å²) in [5, 5.41) is 8.63. The third-order valence-corrected chi connectivity index (χ3v) is 4.00. The normalized spacial score (nSPS) is 10.9. The zero-order valence-electron chi connectivity index (χ0n) is 11.3. The summed E-state index contributed by atoms with van der Waals surface area (Å²) in [6.45, 7) is 1.64. The van der Waals surface area contributed by atoms with Gasteiger partial charge >= 0.3 is 0 Å². The Balaban J connectivity index is 2.80. The minimum absolute atomic E-state index is 0.0185. The summed E-state index contributed by atoms with van der Waals surface area (Å²) >= 11 is 0. The Morgan fingerprint density at radius 2 is 2.15 bits per heavy atom. The van der Waals surface area contributed by atoms with Crippen molar-refractivity contribution in [2.24, 2.45) is 0 Å². The van der Waals surface area contributed by atoms with E-state index >= 15 is 0 Å². The highest BCUT2D eigenvalue weighted by Gasteiger charge is 2.10. The second kappa shape index (κ2) is 8.00. The number of hydrogen-bond acceptors (Lipinski definition) is 3. The standard InChI is InChI=1S/C14H18FNO3S/c1-2-9-20(18,19)16-11-13-10-12(5-3-4-8-17)6-7-14(13)15/h6-7,10,16-17H,2,4,8-9,11H2,1H3. The molecule has 0 aliphatic carbocycles. The molecule has 0 heterocycles. The molecular weight excluding hydrogens is 281 g/mol. The van der Waals surface area contributed by atoms with Crippen LogP contribution in [-0.4, -0.2) is 25.9 Å². The fraction of sp³-hybridized carbons (Fsp3) is 0.429. The lowest BCUT2D eigenvalue weighted by molar-refractivity contribution is 0.305. The van der Waals surface area contributed by atoms with Crippen LogP contribution >= 0.6 is 0 Å². The summed E-state index contributed by atoms with van der Waals surface area (Å²) in [4.78, 5) is 0. The zero-order chi connectivity index (χ0) is 15.0. The van der Waals surface area contributed by atoms with E-state index in [-0.39, 0.29) is 24.5 Å². The Morgan fingerprint density at radius 1 is 1.40 bits per heavy atom. The lowest BCUT2D eigenvalue weighted by Crippen LogP contribution is -2.26. The van der Waals surface area contributed by atoms with Crippen LogP contribution in [0.5, 0.6) is 0 Å². The van der Waals surface area contributed by atoms with Crippen molar-refractivity contribution in [2.75, 3.05) is 12.4 Å². The highest BCUT2D eigenvalue weighted by Crippen LogP contribution is 2.10. The fourth-order valence-corrected chi connectivity index (χ4v) is 2.59. The number of benzene rings is 1. The summed E-state index contributed by atoms with van der Waals surface area (Å²) in [6.07, 6.45) is 0.848. The lowest BCUT2D eigenvalue weighted by Gasteiger charge is -2.07. The molecule has 1 aromatic carbocycles. The second-order valence-corrected chi connectivity index (χ2v) is 6.15. The van der Waals surface area contributed by atoms with E-state index in [1.54, 1.807) is 6.92 Å². The smallest absolute Gasteiger partial charge is 0.211 e. The van der Waals surface area contributed by atoms with E-state index in [4.69, 9.17) is 5.11 Å². The molecule has 20 heavy (non-hydrogen) atoms. The summed E-state index contributed by atoms with van der Waals surface area (Å²) in [7, 11) is -3.37. The van der Waals surface area contributed by atoms with E-state index in [1.165, 1.54) is 18.2 Å². The third kappa shape index (κ3) is 5.70. The highest BCUT2D eigenvalue weighted by molar-refractivity contribution is 7.89. The summed E-state index contributed by atoms with van der Waals surface area (Å²) in [6, 6.07) is 4.28. The SMILES string of the molecule is CCCS(=O)(=O)NCc1cc(C#CCCO)ccc1F. The molecule has 0 saturated carbocycles. The molecule has 4 nitrogen and oxygen atoms in total. The van der Waals surface area contributed by atoms with Crippen molar-refractivity contribution in [1.82, 2.24) is 4.72 Å². The van der Waals surface area contributed by atoms with Gasteiger partial charge in [0, 0.05) is 24.1 Å². The number of halogens is 1. The summed E-state index contributed by atoms with van der Waals surface area (Å²) in [5.41, 5.74) is 0.838. The van der Waals surface area contributed by atoms with Crippen molar-refractivity contribution in [3.8, 4) is 11.8 Å². The predicted octanol–water partition coefficient (Wildman–Crippen LogP) is 1.39. The van der Waals surface area contributed by atoms with Crippen LogP contribution in [-0.2, 0) is 16.6 Å². The molecule has 0 radical (unpaired) electrons. The molecular formula is C14H18FNO3S. The maximum absolute atomic E-state index is 13.6. The van der Waals surface area contributed by atoms with Crippen LogP contribution < -0.4 is 4.72 Å². The summed E-state index contributed by atoms with van der Waals surface area (Å²) in [5.74, 6) is 5.05. The number of rotatable bonds is 6. The van der Waals surface area contributed by atoms with Crippen molar-refractivity contribution >= 4 is 10.0 Å². The molecule has 0 amide bonds. The molecule has 1 rings (SSSR count). The molecule has 0 unspecified atom stereocenters. The van der Waals surface area contributed by atoms with E-state index < -0.39 is 15.8 Å². The van der Waals surface area contributed by atoms with Crippen molar-refractivity contribution in [1.29, 1.82) is 0 Å². The number of hydrogen-bond donors (Lipinski definition) is 2. The average Bonchev–Trinajstić information content (AvgIpc) is 2.39. The second-order valence-electron chi connectivity index (χ2n) is 4.22. The molecule has 0 atom stereocenters. The van der Waals surface area contributed by atoms with E-state index in [2.05, 4.69) is 16.6 Å². The van der Waals surface area contributed by atoms with Crippen LogP contribution in [0, 0.1) is 17.7 Å². The molecule has 0 aromatic heterocycles. The number of sulfonamides is 1. The highest BCUT2D eigenvalue weighted by atomic mass is 32.2. The monoisotopic (exact) mass is 299 g/mol. The lowest BCUT2D eigenvalue weighted by atomic mass is 10.1. The molecule has 0 fully saturated rings. The van der Waals surface area contributed by atoms with E-state index in [1.807, 2.05) is 0 Å². The Morgan fingerprint density at radius 3 is 2.80 bits per heavy atom. The Hall–Kier alpha value is -1.42. The molecule has 0 bridgehead atoms. The van der Waals surface area contributed by atoms with Gasteiger partial charge in [0.2, 0.25) is 10.0 Å².